The van der Waals surface area contributed by atoms with Crippen molar-refractivity contribution in [3.63, 3.8) is 0 Å². The van der Waals surface area contributed by atoms with Crippen LogP contribution < -0.4 is 11.1 Å². The van der Waals surface area contributed by atoms with Crippen LogP contribution in [-0.4, -0.2) is 32.3 Å². The average Bonchev–Trinajstić information content (AvgIpc) is 2.17. The van der Waals surface area contributed by atoms with Crippen LogP contribution in [0.5, 0.6) is 0 Å². The second kappa shape index (κ2) is 7.66. The molecule has 0 unspecified atom stereocenters. The van der Waals surface area contributed by atoms with E-state index in [2.05, 4.69) is 14.8 Å². The third-order valence-corrected chi connectivity index (χ3v) is 1.42. The lowest BCUT2D eigenvalue weighted by atomic mass is 10.3. The summed E-state index contributed by atoms with van der Waals surface area (Å²) in [5.74, 6) is -0.491. The first-order valence-electron chi connectivity index (χ1n) is 4.57. The Morgan fingerprint density at radius 3 is 2.60 bits per heavy atom. The van der Waals surface area contributed by atoms with Crippen molar-refractivity contribution in [2.24, 2.45) is 5.73 Å². The highest BCUT2D eigenvalue weighted by atomic mass is 16.5. The molecule has 0 aliphatic carbocycles. The first-order valence-corrected chi connectivity index (χ1v) is 4.57. The zero-order valence-corrected chi connectivity index (χ0v) is 8.91. The minimum absolute atomic E-state index is 0.126. The van der Waals surface area contributed by atoms with Crippen molar-refractivity contribution in [1.29, 1.82) is 0 Å². The minimum atomic E-state index is -0.529. The number of nitrogens with one attached hydrogen (secondary N) is 1. The number of rotatable bonds is 5. The SMILES string of the molecule is CCOC(=O)C=C(N)CCOC(=O)NC. The quantitative estimate of drug-likeness (QED) is 0.504. The summed E-state index contributed by atoms with van der Waals surface area (Å²) in [5, 5.41) is 2.29. The molecule has 0 heterocycles. The first kappa shape index (κ1) is 13.3. The number of carbonyl (C=O) groups excluding carboxylic acids is 2. The number of esters is 1. The summed E-state index contributed by atoms with van der Waals surface area (Å²) >= 11 is 0. The third-order valence-electron chi connectivity index (χ3n) is 1.42. The maximum Gasteiger partial charge on any atom is 0.406 e. The lowest BCUT2D eigenvalue weighted by molar-refractivity contribution is -0.137. The normalized spacial score (nSPS) is 10.7. The summed E-state index contributed by atoms with van der Waals surface area (Å²) in [6.07, 6.45) is 0.946. The molecular formula is C9H16N2O4. The Balaban J connectivity index is 3.77. The van der Waals surface area contributed by atoms with E-state index in [0.717, 1.165) is 0 Å². The van der Waals surface area contributed by atoms with E-state index in [1.165, 1.54) is 13.1 Å². The molecule has 15 heavy (non-hydrogen) atoms. The summed E-state index contributed by atoms with van der Waals surface area (Å²) in [6.45, 7) is 2.13. The Kier molecular flexibility index (Phi) is 6.78. The standard InChI is InChI=1S/C9H16N2O4/c1-3-14-8(12)6-7(10)4-5-15-9(13)11-2/h6H,3-5,10H2,1-2H3,(H,11,13). The zero-order chi connectivity index (χ0) is 11.7. The number of ether oxygens (including phenoxy) is 2. The summed E-state index contributed by atoms with van der Waals surface area (Å²) in [7, 11) is 1.46. The highest BCUT2D eigenvalue weighted by molar-refractivity contribution is 5.82. The van der Waals surface area contributed by atoms with Gasteiger partial charge in [-0.25, -0.2) is 9.59 Å². The van der Waals surface area contributed by atoms with Crippen molar-refractivity contribution in [2.45, 2.75) is 13.3 Å². The number of amides is 1. The van der Waals surface area contributed by atoms with Crippen molar-refractivity contribution in [2.75, 3.05) is 20.3 Å². The smallest absolute Gasteiger partial charge is 0.406 e. The Morgan fingerprint density at radius 2 is 2.07 bits per heavy atom. The van der Waals surface area contributed by atoms with Gasteiger partial charge >= 0.3 is 12.1 Å². The van der Waals surface area contributed by atoms with Crippen LogP contribution in [0.4, 0.5) is 4.79 Å². The second-order valence-corrected chi connectivity index (χ2v) is 2.61. The third kappa shape index (κ3) is 7.36. The molecule has 6 heteroatoms. The molecule has 6 nitrogen and oxygen atoms in total. The predicted octanol–water partition coefficient (Wildman–Crippen LogP) is 0.138. The van der Waals surface area contributed by atoms with E-state index < -0.39 is 12.1 Å². The van der Waals surface area contributed by atoms with Gasteiger partial charge in [0.05, 0.1) is 13.2 Å². The lowest BCUT2D eigenvalue weighted by Gasteiger charge is -2.03. The Hall–Kier alpha value is -1.72. The van der Waals surface area contributed by atoms with Crippen molar-refractivity contribution >= 4 is 12.1 Å². The van der Waals surface area contributed by atoms with E-state index in [1.54, 1.807) is 6.92 Å². The molecule has 0 aliphatic rings. The van der Waals surface area contributed by atoms with Gasteiger partial charge in [-0.05, 0) is 6.92 Å². The highest BCUT2D eigenvalue weighted by Gasteiger charge is 2.01. The fraction of sp³-hybridized carbons (Fsp3) is 0.556. The number of alkyl carbamates (subject to hydrolysis) is 1. The van der Waals surface area contributed by atoms with E-state index >= 15 is 0 Å². The van der Waals surface area contributed by atoms with Gasteiger partial charge in [-0.2, -0.15) is 0 Å². The van der Waals surface area contributed by atoms with E-state index in [4.69, 9.17) is 5.73 Å². The van der Waals surface area contributed by atoms with Gasteiger partial charge in [0, 0.05) is 25.2 Å². The second-order valence-electron chi connectivity index (χ2n) is 2.61. The summed E-state index contributed by atoms with van der Waals surface area (Å²) in [4.78, 5) is 21.5. The van der Waals surface area contributed by atoms with Gasteiger partial charge in [0.2, 0.25) is 0 Å². The Bertz CT molecular complexity index is 250. The number of hydrogen-bond acceptors (Lipinski definition) is 5. The number of hydrogen-bond donors (Lipinski definition) is 2. The molecule has 0 bridgehead atoms. The van der Waals surface area contributed by atoms with Crippen LogP contribution in [0.1, 0.15) is 13.3 Å². The van der Waals surface area contributed by atoms with Gasteiger partial charge in [-0.15, -0.1) is 0 Å². The van der Waals surface area contributed by atoms with Gasteiger partial charge in [-0.3, -0.25) is 0 Å². The van der Waals surface area contributed by atoms with Crippen molar-refractivity contribution in [1.82, 2.24) is 5.32 Å². The summed E-state index contributed by atoms with van der Waals surface area (Å²) in [6, 6.07) is 0. The maximum absolute atomic E-state index is 10.9. The van der Waals surface area contributed by atoms with Crippen molar-refractivity contribution < 1.29 is 19.1 Å². The molecule has 0 aromatic carbocycles. The highest BCUT2D eigenvalue weighted by Crippen LogP contribution is 1.95. The molecule has 0 atom stereocenters. The average molecular weight is 216 g/mol. The molecule has 3 N–H and O–H groups in total. The molecule has 0 radical (unpaired) electrons. The van der Waals surface area contributed by atoms with Crippen LogP contribution in [0.2, 0.25) is 0 Å². The zero-order valence-electron chi connectivity index (χ0n) is 8.91. The van der Waals surface area contributed by atoms with Crippen LogP contribution in [0.3, 0.4) is 0 Å². The van der Waals surface area contributed by atoms with Crippen LogP contribution in [0, 0.1) is 0 Å². The van der Waals surface area contributed by atoms with Gasteiger partial charge in [0.25, 0.3) is 0 Å². The first-order chi connectivity index (χ1) is 7.10. The van der Waals surface area contributed by atoms with Gasteiger partial charge < -0.3 is 20.5 Å². The van der Waals surface area contributed by atoms with Gasteiger partial charge in [0.15, 0.2) is 0 Å². The monoisotopic (exact) mass is 216 g/mol. The fourth-order valence-electron chi connectivity index (χ4n) is 0.741. The molecule has 0 fully saturated rings. The van der Waals surface area contributed by atoms with E-state index in [1.807, 2.05) is 0 Å². The van der Waals surface area contributed by atoms with E-state index in [-0.39, 0.29) is 6.61 Å². The number of carbonyl (C=O) groups is 2. The molecule has 86 valence electrons. The maximum atomic E-state index is 10.9. The molecule has 0 saturated carbocycles. The molecule has 0 spiro atoms. The van der Waals surface area contributed by atoms with Gasteiger partial charge in [-0.1, -0.05) is 0 Å². The van der Waals surface area contributed by atoms with E-state index in [0.29, 0.717) is 18.7 Å². The van der Waals surface area contributed by atoms with Crippen LogP contribution in [0.15, 0.2) is 11.8 Å². The van der Waals surface area contributed by atoms with Crippen molar-refractivity contribution in [3.05, 3.63) is 11.8 Å². The topological polar surface area (TPSA) is 90.7 Å². The molecular weight excluding hydrogens is 200 g/mol. The van der Waals surface area contributed by atoms with E-state index in [9.17, 15) is 9.59 Å². The molecule has 0 saturated heterocycles. The summed E-state index contributed by atoms with van der Waals surface area (Å²) in [5.41, 5.74) is 5.80. The summed E-state index contributed by atoms with van der Waals surface area (Å²) < 4.78 is 9.33. The largest absolute Gasteiger partial charge is 0.463 e. The molecule has 0 aromatic heterocycles. The Morgan fingerprint density at radius 1 is 1.40 bits per heavy atom. The molecule has 0 aromatic rings. The number of nitrogens with two attached hydrogens (primary N) is 1. The van der Waals surface area contributed by atoms with Crippen LogP contribution in [-0.2, 0) is 14.3 Å². The molecule has 0 aliphatic heterocycles. The van der Waals surface area contributed by atoms with Crippen LogP contribution >= 0.6 is 0 Å². The minimum Gasteiger partial charge on any atom is -0.463 e. The van der Waals surface area contributed by atoms with Crippen LogP contribution in [0.25, 0.3) is 0 Å². The van der Waals surface area contributed by atoms with Gasteiger partial charge in [0.1, 0.15) is 0 Å². The van der Waals surface area contributed by atoms with Crippen molar-refractivity contribution in [3.8, 4) is 0 Å². The fourth-order valence-corrected chi connectivity index (χ4v) is 0.741. The predicted molar refractivity (Wildman–Crippen MR) is 53.9 cm³/mol. The Labute approximate surface area is 88.4 Å². The lowest BCUT2D eigenvalue weighted by Crippen LogP contribution is -2.20. The molecule has 1 amide bonds. The molecule has 0 rings (SSSR count).